The highest BCUT2D eigenvalue weighted by atomic mass is 16.5. The highest BCUT2D eigenvalue weighted by Crippen LogP contribution is 2.30. The van der Waals surface area contributed by atoms with Gasteiger partial charge in [-0.3, -0.25) is 4.79 Å². The Morgan fingerprint density at radius 3 is 2.82 bits per heavy atom. The number of carbonyl (C=O) groups excluding carboxylic acids is 1. The lowest BCUT2D eigenvalue weighted by Gasteiger charge is -2.31. The van der Waals surface area contributed by atoms with Gasteiger partial charge in [0.15, 0.2) is 11.5 Å². The number of amides is 1. The van der Waals surface area contributed by atoms with Crippen LogP contribution in [-0.2, 0) is 16.1 Å². The van der Waals surface area contributed by atoms with Crippen molar-refractivity contribution in [1.29, 1.82) is 0 Å². The maximum Gasteiger partial charge on any atom is 0.232 e. The average molecular weight is 308 g/mol. The minimum absolute atomic E-state index is 0.0754. The topological polar surface area (TPSA) is 71.0 Å². The van der Waals surface area contributed by atoms with Crippen LogP contribution in [0.2, 0.25) is 0 Å². The first kappa shape index (κ1) is 16.6. The molecular formula is C16H24N2O4. The van der Waals surface area contributed by atoms with E-state index in [0.717, 1.165) is 18.5 Å². The number of rotatable bonds is 6. The Balaban J connectivity index is 2.10. The highest BCUT2D eigenvalue weighted by molar-refractivity contribution is 5.83. The molecular weight excluding hydrogens is 284 g/mol. The highest BCUT2D eigenvalue weighted by Gasteiger charge is 2.42. The van der Waals surface area contributed by atoms with E-state index in [0.29, 0.717) is 25.4 Å². The molecule has 0 radical (unpaired) electrons. The van der Waals surface area contributed by atoms with Crippen molar-refractivity contribution in [3.8, 4) is 11.5 Å². The van der Waals surface area contributed by atoms with Gasteiger partial charge in [-0.05, 0) is 30.7 Å². The summed E-state index contributed by atoms with van der Waals surface area (Å²) in [5, 5.41) is 12.9. The van der Waals surface area contributed by atoms with E-state index in [1.54, 1.807) is 37.3 Å². The number of nitrogens with zero attached hydrogens (tertiary/aromatic N) is 1. The molecule has 0 saturated carbocycles. The summed E-state index contributed by atoms with van der Waals surface area (Å²) >= 11 is 0. The molecule has 1 aliphatic heterocycles. The number of hydrogen-bond donors (Lipinski definition) is 2. The fourth-order valence-electron chi connectivity index (χ4n) is 2.96. The maximum absolute atomic E-state index is 12.8. The molecule has 122 valence electrons. The second kappa shape index (κ2) is 6.98. The van der Waals surface area contributed by atoms with Gasteiger partial charge in [0.25, 0.3) is 0 Å². The normalized spacial score (nSPS) is 20.9. The zero-order valence-corrected chi connectivity index (χ0v) is 13.4. The minimum Gasteiger partial charge on any atom is -0.504 e. The van der Waals surface area contributed by atoms with Crippen molar-refractivity contribution >= 4 is 5.91 Å². The van der Waals surface area contributed by atoms with Crippen molar-refractivity contribution in [2.45, 2.75) is 13.0 Å². The van der Waals surface area contributed by atoms with Crippen LogP contribution in [0.15, 0.2) is 18.2 Å². The molecule has 6 nitrogen and oxygen atoms in total. The van der Waals surface area contributed by atoms with Crippen molar-refractivity contribution in [2.75, 3.05) is 41.0 Å². The van der Waals surface area contributed by atoms with E-state index in [1.807, 2.05) is 0 Å². The molecule has 0 bridgehead atoms. The molecule has 0 spiro atoms. The molecule has 1 saturated heterocycles. The summed E-state index contributed by atoms with van der Waals surface area (Å²) in [6.07, 6.45) is 0.781. The summed E-state index contributed by atoms with van der Waals surface area (Å²) in [7, 11) is 4.92. The molecule has 22 heavy (non-hydrogen) atoms. The van der Waals surface area contributed by atoms with Crippen molar-refractivity contribution in [3.63, 3.8) is 0 Å². The zero-order chi connectivity index (χ0) is 16.2. The molecule has 1 amide bonds. The molecule has 0 aliphatic carbocycles. The molecule has 1 aliphatic rings. The van der Waals surface area contributed by atoms with Gasteiger partial charge >= 0.3 is 0 Å². The molecule has 1 aromatic rings. The Kier molecular flexibility index (Phi) is 5.26. The Bertz CT molecular complexity index is 527. The number of methoxy groups -OCH3 is 2. The fraction of sp³-hybridized carbons (Fsp3) is 0.562. The third-order valence-electron chi connectivity index (χ3n) is 4.13. The molecule has 1 heterocycles. The SMILES string of the molecule is COCC1(C(=O)N(C)Cc2ccc(O)c(OC)c2)CCNC1. The largest absolute Gasteiger partial charge is 0.504 e. The quantitative estimate of drug-likeness (QED) is 0.820. The molecule has 1 unspecified atom stereocenters. The summed E-state index contributed by atoms with van der Waals surface area (Å²) < 4.78 is 10.4. The number of phenols is 1. The predicted molar refractivity (Wildman–Crippen MR) is 82.9 cm³/mol. The van der Waals surface area contributed by atoms with Gasteiger partial charge in [0.2, 0.25) is 5.91 Å². The van der Waals surface area contributed by atoms with Crippen LogP contribution in [0.4, 0.5) is 0 Å². The first-order valence-electron chi connectivity index (χ1n) is 7.33. The van der Waals surface area contributed by atoms with Crippen LogP contribution >= 0.6 is 0 Å². The predicted octanol–water partition coefficient (Wildman–Crippen LogP) is 0.985. The van der Waals surface area contributed by atoms with Gasteiger partial charge < -0.3 is 24.8 Å². The van der Waals surface area contributed by atoms with Crippen molar-refractivity contribution in [2.24, 2.45) is 5.41 Å². The monoisotopic (exact) mass is 308 g/mol. The maximum atomic E-state index is 12.8. The number of benzene rings is 1. The molecule has 2 rings (SSSR count). The first-order chi connectivity index (χ1) is 10.5. The van der Waals surface area contributed by atoms with Gasteiger partial charge in [-0.25, -0.2) is 0 Å². The summed E-state index contributed by atoms with van der Waals surface area (Å²) in [6, 6.07) is 5.11. The lowest BCUT2D eigenvalue weighted by Crippen LogP contribution is -2.46. The van der Waals surface area contributed by atoms with E-state index in [1.165, 1.54) is 7.11 Å². The second-order valence-corrected chi connectivity index (χ2v) is 5.81. The smallest absolute Gasteiger partial charge is 0.232 e. The Labute approximate surface area is 131 Å². The minimum atomic E-state index is -0.482. The Morgan fingerprint density at radius 2 is 2.23 bits per heavy atom. The molecule has 2 N–H and O–H groups in total. The van der Waals surface area contributed by atoms with Gasteiger partial charge in [0.05, 0.1) is 19.1 Å². The number of phenolic OH excluding ortho intramolecular Hbond substituents is 1. The van der Waals surface area contributed by atoms with E-state index in [4.69, 9.17) is 9.47 Å². The van der Waals surface area contributed by atoms with Gasteiger partial charge in [-0.15, -0.1) is 0 Å². The van der Waals surface area contributed by atoms with E-state index in [-0.39, 0.29) is 11.7 Å². The van der Waals surface area contributed by atoms with Crippen LogP contribution < -0.4 is 10.1 Å². The van der Waals surface area contributed by atoms with Crippen LogP contribution in [0.3, 0.4) is 0 Å². The zero-order valence-electron chi connectivity index (χ0n) is 13.4. The summed E-state index contributed by atoms with van der Waals surface area (Å²) in [6.45, 7) is 2.35. The number of nitrogens with one attached hydrogen (secondary N) is 1. The van der Waals surface area contributed by atoms with Gasteiger partial charge in [-0.2, -0.15) is 0 Å². The molecule has 1 fully saturated rings. The standard InChI is InChI=1S/C16H24N2O4/c1-18(9-12-4-5-13(19)14(8-12)22-3)15(20)16(11-21-2)6-7-17-10-16/h4-5,8,17,19H,6-7,9-11H2,1-3H3. The number of ether oxygens (including phenoxy) is 2. The second-order valence-electron chi connectivity index (χ2n) is 5.81. The van der Waals surface area contributed by atoms with E-state index in [2.05, 4.69) is 5.32 Å². The van der Waals surface area contributed by atoms with Crippen molar-refractivity contribution in [3.05, 3.63) is 23.8 Å². The van der Waals surface area contributed by atoms with Crippen LogP contribution in [0.1, 0.15) is 12.0 Å². The Morgan fingerprint density at radius 1 is 1.45 bits per heavy atom. The number of aromatic hydroxyl groups is 1. The van der Waals surface area contributed by atoms with Crippen LogP contribution in [0.25, 0.3) is 0 Å². The van der Waals surface area contributed by atoms with Crippen LogP contribution in [-0.4, -0.2) is 56.9 Å². The van der Waals surface area contributed by atoms with E-state index in [9.17, 15) is 9.90 Å². The third-order valence-corrected chi connectivity index (χ3v) is 4.13. The molecule has 1 aromatic carbocycles. The van der Waals surface area contributed by atoms with E-state index < -0.39 is 5.41 Å². The van der Waals surface area contributed by atoms with Crippen LogP contribution in [0.5, 0.6) is 11.5 Å². The summed E-state index contributed by atoms with van der Waals surface area (Å²) in [4.78, 5) is 14.5. The summed E-state index contributed by atoms with van der Waals surface area (Å²) in [5.74, 6) is 0.579. The van der Waals surface area contributed by atoms with Crippen molar-refractivity contribution < 1.29 is 19.4 Å². The number of carbonyl (C=O) groups is 1. The van der Waals surface area contributed by atoms with Gasteiger partial charge in [0.1, 0.15) is 0 Å². The van der Waals surface area contributed by atoms with Gasteiger partial charge in [0, 0.05) is 27.2 Å². The van der Waals surface area contributed by atoms with Crippen molar-refractivity contribution in [1.82, 2.24) is 10.2 Å². The molecule has 1 atom stereocenters. The molecule has 0 aromatic heterocycles. The molecule has 6 heteroatoms. The van der Waals surface area contributed by atoms with E-state index >= 15 is 0 Å². The first-order valence-corrected chi connectivity index (χ1v) is 7.33. The third kappa shape index (κ3) is 3.34. The lowest BCUT2D eigenvalue weighted by atomic mass is 9.86. The average Bonchev–Trinajstić information content (AvgIpc) is 2.98. The van der Waals surface area contributed by atoms with Crippen LogP contribution in [0, 0.1) is 5.41 Å². The Hall–Kier alpha value is -1.79. The number of hydrogen-bond acceptors (Lipinski definition) is 5. The van der Waals surface area contributed by atoms with Gasteiger partial charge in [-0.1, -0.05) is 6.07 Å². The summed E-state index contributed by atoms with van der Waals surface area (Å²) in [5.41, 5.74) is 0.425. The fourth-order valence-corrected chi connectivity index (χ4v) is 2.96. The lowest BCUT2D eigenvalue weighted by molar-refractivity contribution is -0.143.